The standard InChI is InChI=1S/C19H22N2O5S/c1-6-26-13-8-7-12(9-14(13)24-4)16-15(18(23)25-5)10(2)20-19-21(16)17(22)11(3)27-19/h7-9,11,16H,6H2,1-5H3/t11-,16+/m1/s1. The largest absolute Gasteiger partial charge is 0.493 e. The van der Waals surface area contributed by atoms with Gasteiger partial charge in [0.1, 0.15) is 0 Å². The van der Waals surface area contributed by atoms with Crippen molar-refractivity contribution in [3.63, 3.8) is 0 Å². The topological polar surface area (TPSA) is 77.4 Å². The molecule has 1 saturated heterocycles. The molecule has 0 radical (unpaired) electrons. The van der Waals surface area contributed by atoms with E-state index in [-0.39, 0.29) is 11.2 Å². The Hall–Kier alpha value is -2.48. The summed E-state index contributed by atoms with van der Waals surface area (Å²) < 4.78 is 16.0. The van der Waals surface area contributed by atoms with Crippen molar-refractivity contribution in [1.29, 1.82) is 0 Å². The molecule has 0 aromatic heterocycles. The highest BCUT2D eigenvalue weighted by Crippen LogP contribution is 2.44. The predicted molar refractivity (Wildman–Crippen MR) is 103 cm³/mol. The molecule has 2 aliphatic heterocycles. The van der Waals surface area contributed by atoms with Crippen molar-refractivity contribution in [2.75, 3.05) is 20.8 Å². The van der Waals surface area contributed by atoms with Gasteiger partial charge in [-0.2, -0.15) is 0 Å². The molecule has 0 saturated carbocycles. The van der Waals surface area contributed by atoms with Crippen LogP contribution in [0.25, 0.3) is 0 Å². The zero-order valence-corrected chi connectivity index (χ0v) is 16.8. The number of hydrogen-bond acceptors (Lipinski definition) is 7. The number of esters is 1. The van der Waals surface area contributed by atoms with Gasteiger partial charge in [-0.15, -0.1) is 0 Å². The summed E-state index contributed by atoms with van der Waals surface area (Å²) in [7, 11) is 2.87. The van der Waals surface area contributed by atoms with Crippen LogP contribution in [0.15, 0.2) is 34.5 Å². The van der Waals surface area contributed by atoms with Gasteiger partial charge < -0.3 is 14.2 Å². The Bertz CT molecular complexity index is 849. The van der Waals surface area contributed by atoms with Gasteiger partial charge in [0.25, 0.3) is 0 Å². The smallest absolute Gasteiger partial charge is 0.338 e. The van der Waals surface area contributed by atoms with E-state index < -0.39 is 12.0 Å². The average Bonchev–Trinajstić information content (AvgIpc) is 2.94. The number of aliphatic imine (C=N–C) groups is 1. The summed E-state index contributed by atoms with van der Waals surface area (Å²) in [6, 6.07) is 4.78. The lowest BCUT2D eigenvalue weighted by molar-refractivity contribution is -0.137. The molecule has 0 bridgehead atoms. The molecule has 8 heteroatoms. The molecule has 144 valence electrons. The van der Waals surface area contributed by atoms with Crippen molar-refractivity contribution in [2.45, 2.75) is 32.1 Å². The normalized spacial score (nSPS) is 21.7. The van der Waals surface area contributed by atoms with Crippen LogP contribution >= 0.6 is 11.8 Å². The predicted octanol–water partition coefficient (Wildman–Crippen LogP) is 2.92. The summed E-state index contributed by atoms with van der Waals surface area (Å²) >= 11 is 1.39. The van der Waals surface area contributed by atoms with Crippen LogP contribution in [0, 0.1) is 0 Å². The summed E-state index contributed by atoms with van der Waals surface area (Å²) in [5, 5.41) is 0.330. The van der Waals surface area contributed by atoms with E-state index in [1.165, 1.54) is 18.9 Å². The second-order valence-corrected chi connectivity index (χ2v) is 7.41. The number of benzene rings is 1. The van der Waals surface area contributed by atoms with Crippen LogP contribution in [0.4, 0.5) is 0 Å². The Morgan fingerprint density at radius 3 is 2.67 bits per heavy atom. The van der Waals surface area contributed by atoms with E-state index in [4.69, 9.17) is 14.2 Å². The number of carbonyl (C=O) groups excluding carboxylic acids is 2. The van der Waals surface area contributed by atoms with Crippen LogP contribution in [0.3, 0.4) is 0 Å². The number of ether oxygens (including phenoxy) is 3. The van der Waals surface area contributed by atoms with E-state index in [0.29, 0.717) is 34.5 Å². The van der Waals surface area contributed by atoms with Crippen LogP contribution in [-0.2, 0) is 14.3 Å². The van der Waals surface area contributed by atoms with E-state index in [1.54, 1.807) is 31.1 Å². The van der Waals surface area contributed by atoms with Gasteiger partial charge in [-0.3, -0.25) is 9.69 Å². The minimum atomic E-state index is -0.625. The average molecular weight is 390 g/mol. The van der Waals surface area contributed by atoms with Crippen molar-refractivity contribution in [1.82, 2.24) is 4.90 Å². The van der Waals surface area contributed by atoms with Crippen molar-refractivity contribution in [3.05, 3.63) is 35.0 Å². The first-order valence-electron chi connectivity index (χ1n) is 8.61. The zero-order valence-electron chi connectivity index (χ0n) is 15.9. The van der Waals surface area contributed by atoms with E-state index >= 15 is 0 Å². The molecule has 2 atom stereocenters. The van der Waals surface area contributed by atoms with Gasteiger partial charge in [0.05, 0.1) is 43.4 Å². The first kappa shape index (κ1) is 19.3. The number of fused-ring (bicyclic) bond motifs is 1. The molecule has 0 aliphatic carbocycles. The second kappa shape index (κ2) is 7.64. The molecule has 0 N–H and O–H groups in total. The number of nitrogens with zero attached hydrogens (tertiary/aromatic N) is 2. The highest BCUT2D eigenvalue weighted by molar-refractivity contribution is 8.15. The third-order valence-corrected chi connectivity index (χ3v) is 5.52. The molecule has 1 aromatic rings. The lowest BCUT2D eigenvalue weighted by Gasteiger charge is -2.33. The van der Waals surface area contributed by atoms with E-state index in [0.717, 1.165) is 5.56 Å². The fourth-order valence-electron chi connectivity index (χ4n) is 3.22. The summed E-state index contributed by atoms with van der Waals surface area (Å²) in [4.78, 5) is 31.4. The molecule has 7 nitrogen and oxygen atoms in total. The highest BCUT2D eigenvalue weighted by Gasteiger charge is 2.46. The first-order chi connectivity index (χ1) is 12.9. The van der Waals surface area contributed by atoms with Crippen LogP contribution < -0.4 is 9.47 Å². The van der Waals surface area contributed by atoms with Crippen LogP contribution in [-0.4, -0.2) is 48.0 Å². The summed E-state index contributed by atoms with van der Waals surface area (Å²) in [5.41, 5.74) is 1.61. The highest BCUT2D eigenvalue weighted by atomic mass is 32.2. The second-order valence-electron chi connectivity index (χ2n) is 6.10. The van der Waals surface area contributed by atoms with Gasteiger partial charge in [0.2, 0.25) is 5.91 Å². The number of thioether (sulfide) groups is 1. The van der Waals surface area contributed by atoms with Gasteiger partial charge in [0, 0.05) is 0 Å². The maximum absolute atomic E-state index is 12.8. The van der Waals surface area contributed by atoms with Gasteiger partial charge >= 0.3 is 5.97 Å². The minimum Gasteiger partial charge on any atom is -0.493 e. The number of amides is 1. The number of carbonyl (C=O) groups is 2. The monoisotopic (exact) mass is 390 g/mol. The molecule has 2 aliphatic rings. The number of rotatable bonds is 5. The summed E-state index contributed by atoms with van der Waals surface area (Å²) in [5.74, 6) is 0.535. The third-order valence-electron chi connectivity index (χ3n) is 4.47. The van der Waals surface area contributed by atoms with Crippen molar-refractivity contribution >= 4 is 28.8 Å². The van der Waals surface area contributed by atoms with Crippen LogP contribution in [0.5, 0.6) is 11.5 Å². The zero-order chi connectivity index (χ0) is 19.7. The lowest BCUT2D eigenvalue weighted by Crippen LogP contribution is -2.40. The Balaban J connectivity index is 2.16. The minimum absolute atomic E-state index is 0.0921. The molecule has 0 unspecified atom stereocenters. The fourth-order valence-corrected chi connectivity index (χ4v) is 4.25. The summed E-state index contributed by atoms with van der Waals surface area (Å²) in [6.45, 7) is 5.97. The fraction of sp³-hybridized carbons (Fsp3) is 0.421. The van der Waals surface area contributed by atoms with Crippen LogP contribution in [0.1, 0.15) is 32.4 Å². The number of hydrogen-bond donors (Lipinski definition) is 0. The Kier molecular flexibility index (Phi) is 5.46. The van der Waals surface area contributed by atoms with Gasteiger partial charge in [-0.05, 0) is 38.5 Å². The summed E-state index contributed by atoms with van der Waals surface area (Å²) in [6.07, 6.45) is 0. The van der Waals surface area contributed by atoms with Crippen molar-refractivity contribution in [2.24, 2.45) is 4.99 Å². The number of allylic oxidation sites excluding steroid dienone is 1. The SMILES string of the molecule is CCOc1ccc([C@H]2C(C(=O)OC)=C(C)N=C3S[C@H](C)C(=O)N32)cc1OC. The van der Waals surface area contributed by atoms with Crippen LogP contribution in [0.2, 0.25) is 0 Å². The molecule has 2 heterocycles. The quantitative estimate of drug-likeness (QED) is 0.720. The van der Waals surface area contributed by atoms with E-state index in [9.17, 15) is 9.59 Å². The lowest BCUT2D eigenvalue weighted by atomic mass is 9.94. The van der Waals surface area contributed by atoms with Crippen molar-refractivity contribution in [3.8, 4) is 11.5 Å². The van der Waals surface area contributed by atoms with Gasteiger partial charge in [-0.1, -0.05) is 17.8 Å². The first-order valence-corrected chi connectivity index (χ1v) is 9.49. The van der Waals surface area contributed by atoms with Gasteiger partial charge in [-0.25, -0.2) is 9.79 Å². The third kappa shape index (κ3) is 3.29. The molecule has 0 spiro atoms. The Labute approximate surface area is 162 Å². The molecular formula is C19H22N2O5S. The van der Waals surface area contributed by atoms with E-state index in [2.05, 4.69) is 4.99 Å². The Morgan fingerprint density at radius 2 is 2.04 bits per heavy atom. The molecule has 1 amide bonds. The molecule has 1 aromatic carbocycles. The Morgan fingerprint density at radius 1 is 1.30 bits per heavy atom. The molecule has 27 heavy (non-hydrogen) atoms. The maximum atomic E-state index is 12.8. The number of methoxy groups -OCH3 is 2. The maximum Gasteiger partial charge on any atom is 0.338 e. The molecular weight excluding hydrogens is 368 g/mol. The molecule has 1 fully saturated rings. The van der Waals surface area contributed by atoms with Crippen molar-refractivity contribution < 1.29 is 23.8 Å². The number of amidine groups is 1. The van der Waals surface area contributed by atoms with E-state index in [1.807, 2.05) is 19.9 Å². The molecule has 3 rings (SSSR count). The van der Waals surface area contributed by atoms with Gasteiger partial charge in [0.15, 0.2) is 16.7 Å².